The van der Waals surface area contributed by atoms with Crippen LogP contribution in [0.15, 0.2) is 66.7 Å². The van der Waals surface area contributed by atoms with Gasteiger partial charge in [0.05, 0.1) is 0 Å². The number of amides is 2. The van der Waals surface area contributed by atoms with Gasteiger partial charge < -0.3 is 15.4 Å². The molecule has 3 aromatic rings. The van der Waals surface area contributed by atoms with E-state index in [0.717, 1.165) is 11.1 Å². The summed E-state index contributed by atoms with van der Waals surface area (Å²) in [6.45, 7) is 1.27. The van der Waals surface area contributed by atoms with Crippen molar-refractivity contribution in [2.45, 2.75) is 18.9 Å². The molecule has 158 valence electrons. The SMILES string of the molecule is O=C(NCCC#Cc1ccc2c(c1)C(=O)NC2)OCC1c2ccccc2-c2ccccc21. The lowest BCUT2D eigenvalue weighted by Gasteiger charge is -2.14. The maximum atomic E-state index is 12.2. The quantitative estimate of drug-likeness (QED) is 0.489. The summed E-state index contributed by atoms with van der Waals surface area (Å²) in [7, 11) is 0. The van der Waals surface area contributed by atoms with Crippen LogP contribution in [0.5, 0.6) is 0 Å². The van der Waals surface area contributed by atoms with Gasteiger partial charge >= 0.3 is 6.09 Å². The molecule has 0 radical (unpaired) electrons. The number of hydrogen-bond donors (Lipinski definition) is 2. The molecule has 2 N–H and O–H groups in total. The Balaban J connectivity index is 1.13. The fourth-order valence-electron chi connectivity index (χ4n) is 4.33. The second-order valence-electron chi connectivity index (χ2n) is 7.86. The van der Waals surface area contributed by atoms with Crippen molar-refractivity contribution in [1.29, 1.82) is 0 Å². The molecule has 2 aliphatic rings. The van der Waals surface area contributed by atoms with Gasteiger partial charge in [-0.3, -0.25) is 4.79 Å². The summed E-state index contributed by atoms with van der Waals surface area (Å²) in [4.78, 5) is 23.9. The number of ether oxygens (including phenoxy) is 1. The van der Waals surface area contributed by atoms with Gasteiger partial charge in [0.25, 0.3) is 5.91 Å². The van der Waals surface area contributed by atoms with Gasteiger partial charge in [0.15, 0.2) is 0 Å². The first-order chi connectivity index (χ1) is 15.7. The number of carbonyl (C=O) groups excluding carboxylic acids is 2. The Morgan fingerprint density at radius 1 is 1.00 bits per heavy atom. The molecule has 5 nitrogen and oxygen atoms in total. The van der Waals surface area contributed by atoms with Gasteiger partial charge in [0, 0.05) is 36.6 Å². The zero-order valence-electron chi connectivity index (χ0n) is 17.5. The summed E-state index contributed by atoms with van der Waals surface area (Å²) in [5, 5.41) is 5.56. The lowest BCUT2D eigenvalue weighted by atomic mass is 9.98. The summed E-state index contributed by atoms with van der Waals surface area (Å²) >= 11 is 0. The van der Waals surface area contributed by atoms with Crippen molar-refractivity contribution in [3.05, 3.63) is 94.5 Å². The third kappa shape index (κ3) is 3.83. The van der Waals surface area contributed by atoms with Crippen LogP contribution in [0.2, 0.25) is 0 Å². The maximum absolute atomic E-state index is 12.2. The third-order valence-electron chi connectivity index (χ3n) is 5.89. The van der Waals surface area contributed by atoms with E-state index in [2.05, 4.69) is 46.7 Å². The molecule has 1 aliphatic heterocycles. The Hall–Kier alpha value is -4.04. The summed E-state index contributed by atoms with van der Waals surface area (Å²) in [6, 6.07) is 22.2. The Morgan fingerprint density at radius 3 is 2.47 bits per heavy atom. The van der Waals surface area contributed by atoms with Crippen molar-refractivity contribution < 1.29 is 14.3 Å². The summed E-state index contributed by atoms with van der Waals surface area (Å²) in [5.74, 6) is 6.07. The van der Waals surface area contributed by atoms with E-state index in [1.54, 1.807) is 0 Å². The molecule has 0 spiro atoms. The van der Waals surface area contributed by atoms with E-state index in [0.29, 0.717) is 31.7 Å². The number of carbonyl (C=O) groups is 2. The van der Waals surface area contributed by atoms with E-state index in [1.807, 2.05) is 42.5 Å². The van der Waals surface area contributed by atoms with E-state index >= 15 is 0 Å². The highest BCUT2D eigenvalue weighted by molar-refractivity contribution is 5.98. The Bertz CT molecular complexity index is 1220. The molecular formula is C27H22N2O3. The minimum absolute atomic E-state index is 0.0463. The fraction of sp³-hybridized carbons (Fsp3) is 0.185. The molecule has 5 heteroatoms. The smallest absolute Gasteiger partial charge is 0.407 e. The van der Waals surface area contributed by atoms with Crippen LogP contribution in [0.3, 0.4) is 0 Å². The van der Waals surface area contributed by atoms with Gasteiger partial charge in [-0.05, 0) is 39.9 Å². The number of rotatable bonds is 4. The van der Waals surface area contributed by atoms with Gasteiger partial charge in [0.2, 0.25) is 0 Å². The summed E-state index contributed by atoms with van der Waals surface area (Å²) < 4.78 is 5.52. The van der Waals surface area contributed by atoms with E-state index in [-0.39, 0.29) is 11.8 Å². The predicted octanol–water partition coefficient (Wildman–Crippen LogP) is 4.21. The second-order valence-corrected chi connectivity index (χ2v) is 7.86. The van der Waals surface area contributed by atoms with Gasteiger partial charge in [-0.1, -0.05) is 66.4 Å². The molecule has 0 saturated carbocycles. The van der Waals surface area contributed by atoms with Crippen molar-refractivity contribution in [1.82, 2.24) is 10.6 Å². The molecular weight excluding hydrogens is 400 g/mol. The highest BCUT2D eigenvalue weighted by atomic mass is 16.5. The van der Waals surface area contributed by atoms with E-state index in [4.69, 9.17) is 4.74 Å². The minimum atomic E-state index is -0.442. The van der Waals surface area contributed by atoms with Crippen LogP contribution < -0.4 is 10.6 Å². The standard InChI is InChI=1S/C27H22N2O3/c30-26-24-15-18(12-13-19(24)16-29-26)7-5-6-14-28-27(31)32-17-25-22-10-3-1-8-20(22)21-9-2-4-11-23(21)25/h1-4,8-13,15,25H,6,14,16-17H2,(H,28,31)(H,29,30). The maximum Gasteiger partial charge on any atom is 0.407 e. The minimum Gasteiger partial charge on any atom is -0.449 e. The van der Waals surface area contributed by atoms with Crippen molar-refractivity contribution >= 4 is 12.0 Å². The lowest BCUT2D eigenvalue weighted by molar-refractivity contribution is 0.0965. The highest BCUT2D eigenvalue weighted by Gasteiger charge is 2.28. The van der Waals surface area contributed by atoms with Crippen molar-refractivity contribution in [3.8, 4) is 23.0 Å². The van der Waals surface area contributed by atoms with Crippen molar-refractivity contribution in [2.24, 2.45) is 0 Å². The lowest BCUT2D eigenvalue weighted by Crippen LogP contribution is -2.26. The molecule has 1 aliphatic carbocycles. The molecule has 1 heterocycles. The molecule has 0 fully saturated rings. The monoisotopic (exact) mass is 422 g/mol. The number of alkyl carbamates (subject to hydrolysis) is 1. The number of hydrogen-bond acceptors (Lipinski definition) is 3. The zero-order valence-corrected chi connectivity index (χ0v) is 17.5. The first-order valence-corrected chi connectivity index (χ1v) is 10.7. The summed E-state index contributed by atoms with van der Waals surface area (Å²) in [5.41, 5.74) is 7.27. The zero-order chi connectivity index (χ0) is 21.9. The average molecular weight is 422 g/mol. The van der Waals surface area contributed by atoms with Gasteiger partial charge in [-0.25, -0.2) is 4.79 Å². The van der Waals surface area contributed by atoms with E-state index < -0.39 is 6.09 Å². The second kappa shape index (κ2) is 8.60. The Morgan fingerprint density at radius 2 is 1.72 bits per heavy atom. The van der Waals surface area contributed by atoms with Crippen LogP contribution in [0, 0.1) is 11.8 Å². The third-order valence-corrected chi connectivity index (χ3v) is 5.89. The first kappa shape index (κ1) is 19.9. The topological polar surface area (TPSA) is 67.4 Å². The molecule has 0 saturated heterocycles. The van der Waals surface area contributed by atoms with Crippen LogP contribution in [-0.2, 0) is 11.3 Å². The molecule has 2 amide bonds. The van der Waals surface area contributed by atoms with Crippen LogP contribution in [0.1, 0.15) is 45.0 Å². The molecule has 0 unspecified atom stereocenters. The van der Waals surface area contributed by atoms with E-state index in [9.17, 15) is 9.59 Å². The summed E-state index contributed by atoms with van der Waals surface area (Å²) in [6.07, 6.45) is 0.0517. The number of nitrogens with one attached hydrogen (secondary N) is 2. The van der Waals surface area contributed by atoms with Crippen LogP contribution in [0.4, 0.5) is 4.79 Å². The Kier molecular flexibility index (Phi) is 5.35. The number of fused-ring (bicyclic) bond motifs is 4. The number of benzene rings is 3. The molecule has 0 bridgehead atoms. The molecule has 5 rings (SSSR count). The predicted molar refractivity (Wildman–Crippen MR) is 122 cm³/mol. The molecule has 3 aromatic carbocycles. The van der Waals surface area contributed by atoms with Gasteiger partial charge in [-0.2, -0.15) is 0 Å². The van der Waals surface area contributed by atoms with E-state index in [1.165, 1.54) is 22.3 Å². The van der Waals surface area contributed by atoms with Crippen LogP contribution in [0.25, 0.3) is 11.1 Å². The average Bonchev–Trinajstić information content (AvgIpc) is 3.35. The van der Waals surface area contributed by atoms with Gasteiger partial charge in [0.1, 0.15) is 6.61 Å². The van der Waals surface area contributed by atoms with Crippen molar-refractivity contribution in [2.75, 3.05) is 13.2 Å². The largest absolute Gasteiger partial charge is 0.449 e. The van der Waals surface area contributed by atoms with Crippen LogP contribution >= 0.6 is 0 Å². The van der Waals surface area contributed by atoms with Gasteiger partial charge in [-0.15, -0.1) is 0 Å². The normalized spacial score (nSPS) is 13.3. The molecule has 0 aromatic heterocycles. The Labute approximate surface area is 186 Å². The molecule has 0 atom stereocenters. The highest BCUT2D eigenvalue weighted by Crippen LogP contribution is 2.44. The van der Waals surface area contributed by atoms with Crippen molar-refractivity contribution in [3.63, 3.8) is 0 Å². The fourth-order valence-corrected chi connectivity index (χ4v) is 4.33. The van der Waals surface area contributed by atoms with Crippen LogP contribution in [-0.4, -0.2) is 25.2 Å². The first-order valence-electron chi connectivity index (χ1n) is 10.7. The molecule has 32 heavy (non-hydrogen) atoms.